The third-order valence-electron chi connectivity index (χ3n) is 2.85. The summed E-state index contributed by atoms with van der Waals surface area (Å²) in [6.45, 7) is 2.13. The van der Waals surface area contributed by atoms with Crippen molar-refractivity contribution in [2.24, 2.45) is 0 Å². The fourth-order valence-corrected chi connectivity index (χ4v) is 3.45. The van der Waals surface area contributed by atoms with Crippen LogP contribution in [0.5, 0.6) is 0 Å². The monoisotopic (exact) mass is 274 g/mol. The Hall–Kier alpha value is -1.41. The molecule has 1 aliphatic heterocycles. The van der Waals surface area contributed by atoms with E-state index in [1.54, 1.807) is 6.92 Å². The molecule has 18 heavy (non-hydrogen) atoms. The van der Waals surface area contributed by atoms with Gasteiger partial charge in [0.2, 0.25) is 10.0 Å². The van der Waals surface area contributed by atoms with Crippen LogP contribution in [0.3, 0.4) is 0 Å². The summed E-state index contributed by atoms with van der Waals surface area (Å²) in [5.74, 6) is -0.666. The molecular weight excluding hydrogens is 260 g/mol. The predicted octanol–water partition coefficient (Wildman–Crippen LogP) is 0.471. The van der Waals surface area contributed by atoms with Gasteiger partial charge in [-0.1, -0.05) is 12.1 Å². The summed E-state index contributed by atoms with van der Waals surface area (Å²) in [7, 11) is -3.33. The van der Waals surface area contributed by atoms with Gasteiger partial charge in [0, 0.05) is 25.1 Å². The van der Waals surface area contributed by atoms with E-state index < -0.39 is 16.0 Å². The van der Waals surface area contributed by atoms with Crippen LogP contribution in [-0.4, -0.2) is 41.3 Å². The molecule has 2 heterocycles. The van der Waals surface area contributed by atoms with E-state index in [0.29, 0.717) is 30.7 Å². The molecular formula is C10H14N2O5S. The Morgan fingerprint density at radius 1 is 1.56 bits per heavy atom. The maximum absolute atomic E-state index is 11.9. The molecule has 0 fully saturated rings. The highest BCUT2D eigenvalue weighted by Crippen LogP contribution is 2.24. The summed E-state index contributed by atoms with van der Waals surface area (Å²) >= 11 is 0. The summed E-state index contributed by atoms with van der Waals surface area (Å²) in [6.07, 6.45) is 0.889. The van der Waals surface area contributed by atoms with Crippen molar-refractivity contribution in [1.29, 1.82) is 0 Å². The summed E-state index contributed by atoms with van der Waals surface area (Å²) in [5.41, 5.74) is 0.176. The van der Waals surface area contributed by atoms with E-state index in [0.717, 1.165) is 0 Å². The number of nitrogens with zero attached hydrogens (tertiary/aromatic N) is 2. The molecule has 0 bridgehead atoms. The molecule has 1 aromatic rings. The lowest BCUT2D eigenvalue weighted by atomic mass is 10.1. The van der Waals surface area contributed by atoms with E-state index in [4.69, 9.17) is 9.63 Å². The van der Waals surface area contributed by atoms with Gasteiger partial charge in [-0.25, -0.2) is 13.2 Å². The lowest BCUT2D eigenvalue weighted by Gasteiger charge is -2.24. The largest absolute Gasteiger partial charge is 0.476 e. The molecule has 0 atom stereocenters. The first kappa shape index (κ1) is 13.0. The number of sulfonamides is 1. The first-order valence-corrected chi connectivity index (χ1v) is 7.25. The standard InChI is InChI=1S/C10H14N2O5S/c1-2-5-18(15,16)12-4-3-8-7(6-12)9(10(13)14)11-17-8/h2-6H2,1H3,(H,13,14). The smallest absolute Gasteiger partial charge is 0.358 e. The average Bonchev–Trinajstić information content (AvgIpc) is 2.71. The maximum atomic E-state index is 11.9. The number of hydrogen-bond donors (Lipinski definition) is 1. The van der Waals surface area contributed by atoms with Crippen molar-refractivity contribution in [2.75, 3.05) is 12.3 Å². The Balaban J connectivity index is 2.29. The van der Waals surface area contributed by atoms with Crippen molar-refractivity contribution in [3.63, 3.8) is 0 Å². The van der Waals surface area contributed by atoms with Crippen LogP contribution in [0, 0.1) is 0 Å². The highest BCUT2D eigenvalue weighted by Gasteiger charge is 2.32. The number of rotatable bonds is 4. The van der Waals surface area contributed by atoms with Crippen molar-refractivity contribution in [3.05, 3.63) is 17.0 Å². The highest BCUT2D eigenvalue weighted by atomic mass is 32.2. The first-order valence-electron chi connectivity index (χ1n) is 5.64. The third kappa shape index (κ3) is 2.25. The van der Waals surface area contributed by atoms with Gasteiger partial charge in [-0.3, -0.25) is 0 Å². The number of aromatic nitrogens is 1. The van der Waals surface area contributed by atoms with Gasteiger partial charge >= 0.3 is 5.97 Å². The van der Waals surface area contributed by atoms with Gasteiger partial charge in [-0.05, 0) is 6.42 Å². The van der Waals surface area contributed by atoms with Crippen LogP contribution in [0.2, 0.25) is 0 Å². The van der Waals surface area contributed by atoms with Crippen LogP contribution < -0.4 is 0 Å². The Kier molecular flexibility index (Phi) is 3.40. The van der Waals surface area contributed by atoms with Gasteiger partial charge in [0.15, 0.2) is 5.69 Å². The zero-order chi connectivity index (χ0) is 13.3. The van der Waals surface area contributed by atoms with E-state index in [1.165, 1.54) is 4.31 Å². The summed E-state index contributed by atoms with van der Waals surface area (Å²) < 4.78 is 30.1. The fourth-order valence-electron chi connectivity index (χ4n) is 1.98. The molecule has 7 nitrogen and oxygen atoms in total. The number of aromatic carboxylic acids is 1. The third-order valence-corrected chi connectivity index (χ3v) is 4.87. The van der Waals surface area contributed by atoms with E-state index in [9.17, 15) is 13.2 Å². The van der Waals surface area contributed by atoms with E-state index in [1.807, 2.05) is 0 Å². The summed E-state index contributed by atoms with van der Waals surface area (Å²) in [6, 6.07) is 0. The lowest BCUT2D eigenvalue weighted by molar-refractivity contribution is 0.0684. The molecule has 100 valence electrons. The van der Waals surface area contributed by atoms with Crippen LogP contribution in [-0.2, 0) is 23.0 Å². The molecule has 2 rings (SSSR count). The molecule has 0 aliphatic carbocycles. The van der Waals surface area contributed by atoms with Crippen LogP contribution in [0.4, 0.5) is 0 Å². The molecule has 8 heteroatoms. The molecule has 0 radical (unpaired) electrons. The van der Waals surface area contributed by atoms with E-state index >= 15 is 0 Å². The molecule has 1 N–H and O–H groups in total. The number of carboxylic acid groups (broad SMARTS) is 1. The molecule has 1 aliphatic rings. The number of fused-ring (bicyclic) bond motifs is 1. The van der Waals surface area contributed by atoms with Gasteiger partial charge < -0.3 is 9.63 Å². The van der Waals surface area contributed by atoms with Gasteiger partial charge in [0.05, 0.1) is 5.75 Å². The second-order valence-corrected chi connectivity index (χ2v) is 6.23. The topological polar surface area (TPSA) is 101 Å². The summed E-state index contributed by atoms with van der Waals surface area (Å²) in [5, 5.41) is 12.4. The van der Waals surface area contributed by atoms with Gasteiger partial charge in [-0.15, -0.1) is 0 Å². The zero-order valence-corrected chi connectivity index (χ0v) is 10.7. The molecule has 0 unspecified atom stereocenters. The number of carbonyl (C=O) groups is 1. The molecule has 0 saturated carbocycles. The Morgan fingerprint density at radius 2 is 2.28 bits per heavy atom. The number of hydrogen-bond acceptors (Lipinski definition) is 5. The molecule has 0 spiro atoms. The predicted molar refractivity (Wildman–Crippen MR) is 61.7 cm³/mol. The van der Waals surface area contributed by atoms with Crippen LogP contribution in [0.25, 0.3) is 0 Å². The molecule has 0 amide bonds. The Morgan fingerprint density at radius 3 is 2.89 bits per heavy atom. The second-order valence-electron chi connectivity index (χ2n) is 4.14. The van der Waals surface area contributed by atoms with Gasteiger partial charge in [0.25, 0.3) is 0 Å². The van der Waals surface area contributed by atoms with Crippen molar-refractivity contribution in [2.45, 2.75) is 26.3 Å². The van der Waals surface area contributed by atoms with Crippen molar-refractivity contribution in [1.82, 2.24) is 9.46 Å². The first-order chi connectivity index (χ1) is 8.45. The van der Waals surface area contributed by atoms with Crippen LogP contribution in [0.1, 0.15) is 35.2 Å². The molecule has 0 saturated heterocycles. The van der Waals surface area contributed by atoms with Gasteiger partial charge in [0.1, 0.15) is 5.76 Å². The average molecular weight is 274 g/mol. The quantitative estimate of drug-likeness (QED) is 0.856. The molecule has 0 aromatic carbocycles. The molecule has 1 aromatic heterocycles. The minimum Gasteiger partial charge on any atom is -0.476 e. The summed E-state index contributed by atoms with van der Waals surface area (Å²) in [4.78, 5) is 10.9. The van der Waals surface area contributed by atoms with Crippen molar-refractivity contribution in [3.8, 4) is 0 Å². The van der Waals surface area contributed by atoms with Crippen molar-refractivity contribution < 1.29 is 22.8 Å². The van der Waals surface area contributed by atoms with Crippen LogP contribution in [0.15, 0.2) is 4.52 Å². The zero-order valence-electron chi connectivity index (χ0n) is 9.92. The second kappa shape index (κ2) is 4.69. The minimum absolute atomic E-state index is 0.0306. The lowest BCUT2D eigenvalue weighted by Crippen LogP contribution is -2.37. The Bertz CT molecular complexity index is 563. The highest BCUT2D eigenvalue weighted by molar-refractivity contribution is 7.89. The maximum Gasteiger partial charge on any atom is 0.358 e. The number of carboxylic acids is 1. The van der Waals surface area contributed by atoms with Crippen molar-refractivity contribution >= 4 is 16.0 Å². The SMILES string of the molecule is CCCS(=O)(=O)N1CCc2onc(C(=O)O)c2C1. The van der Waals surface area contributed by atoms with E-state index in [2.05, 4.69) is 5.16 Å². The van der Waals surface area contributed by atoms with Crippen LogP contribution >= 0.6 is 0 Å². The minimum atomic E-state index is -3.33. The fraction of sp³-hybridized carbons (Fsp3) is 0.600. The Labute approximate surface area is 104 Å². The normalized spacial score (nSPS) is 16.5. The van der Waals surface area contributed by atoms with E-state index in [-0.39, 0.29) is 18.0 Å². The van der Waals surface area contributed by atoms with Gasteiger partial charge in [-0.2, -0.15) is 4.31 Å².